The van der Waals surface area contributed by atoms with Gasteiger partial charge < -0.3 is 9.84 Å². The van der Waals surface area contributed by atoms with Gasteiger partial charge in [-0.15, -0.1) is 0 Å². The Bertz CT molecular complexity index is 109. The maximum Gasteiger partial charge on any atom is 0.300 e. The molecule has 0 saturated heterocycles. The van der Waals surface area contributed by atoms with Crippen LogP contribution in [0.2, 0.25) is 0 Å². The first-order chi connectivity index (χ1) is 4.50. The molecule has 0 fully saturated rings. The van der Waals surface area contributed by atoms with Gasteiger partial charge in [-0.2, -0.15) is 0 Å². The molecule has 3 nitrogen and oxygen atoms in total. The summed E-state index contributed by atoms with van der Waals surface area (Å²) in [6, 6.07) is 0. The zero-order valence-electron chi connectivity index (χ0n) is 5.83. The second-order valence-corrected chi connectivity index (χ2v) is 2.30. The van der Waals surface area contributed by atoms with E-state index in [9.17, 15) is 0 Å². The van der Waals surface area contributed by atoms with Gasteiger partial charge in [0.25, 0.3) is 5.97 Å². The number of hydrogen-bond donors (Lipinski definition) is 2. The molecule has 60 valence electrons. The number of aliphatic carboxylic acids is 1. The number of rotatable bonds is 1. The molecule has 0 aromatic rings. The van der Waals surface area contributed by atoms with Crippen molar-refractivity contribution in [3.05, 3.63) is 0 Å². The summed E-state index contributed by atoms with van der Waals surface area (Å²) in [7, 11) is 0. The van der Waals surface area contributed by atoms with E-state index in [1.807, 2.05) is 6.92 Å². The van der Waals surface area contributed by atoms with Gasteiger partial charge in [0, 0.05) is 6.92 Å². The minimum Gasteiger partial charge on any atom is -0.481 e. The van der Waals surface area contributed by atoms with E-state index >= 15 is 0 Å². The standard InChI is InChI=1S/C3H6OS2.C2H4O2/c1-2-4-3(5)6;1-2(3)4/h2H2,1H3,(H,5,6);1H3,(H,3,4). The van der Waals surface area contributed by atoms with Gasteiger partial charge >= 0.3 is 0 Å². The molecule has 0 amide bonds. The van der Waals surface area contributed by atoms with E-state index < -0.39 is 5.97 Å². The van der Waals surface area contributed by atoms with Gasteiger partial charge in [0.05, 0.1) is 6.61 Å². The SMILES string of the molecule is CC(=O)O.CCOC(=S)S. The summed E-state index contributed by atoms with van der Waals surface area (Å²) in [5.41, 5.74) is 0. The Hall–Kier alpha value is -0.290. The van der Waals surface area contributed by atoms with Gasteiger partial charge in [-0.3, -0.25) is 4.79 Å². The summed E-state index contributed by atoms with van der Waals surface area (Å²) < 4.78 is 4.95. The quantitative estimate of drug-likeness (QED) is 0.474. The number of carboxylic acids is 1. The number of ether oxygens (including phenoxy) is 1. The maximum absolute atomic E-state index is 9.00. The van der Waals surface area contributed by atoms with E-state index in [-0.39, 0.29) is 0 Å². The van der Waals surface area contributed by atoms with Crippen LogP contribution in [0.15, 0.2) is 0 Å². The summed E-state index contributed by atoms with van der Waals surface area (Å²) in [4.78, 5) is 9.00. The highest BCUT2D eigenvalue weighted by molar-refractivity contribution is 8.10. The zero-order chi connectivity index (χ0) is 8.57. The van der Waals surface area contributed by atoms with Crippen molar-refractivity contribution in [2.24, 2.45) is 0 Å². The van der Waals surface area contributed by atoms with E-state index in [1.54, 1.807) is 0 Å². The molecule has 10 heavy (non-hydrogen) atoms. The topological polar surface area (TPSA) is 46.5 Å². The Kier molecular flexibility index (Phi) is 10.8. The van der Waals surface area contributed by atoms with E-state index in [0.717, 1.165) is 6.92 Å². The van der Waals surface area contributed by atoms with E-state index in [0.29, 0.717) is 11.0 Å². The Balaban J connectivity index is 0. The average Bonchev–Trinajstić information content (AvgIpc) is 1.62. The summed E-state index contributed by atoms with van der Waals surface area (Å²) in [6.07, 6.45) is 0. The molecule has 0 aromatic carbocycles. The smallest absolute Gasteiger partial charge is 0.300 e. The predicted octanol–water partition coefficient (Wildman–Crippen LogP) is 1.33. The molecule has 0 heterocycles. The van der Waals surface area contributed by atoms with Crippen LogP contribution in [0.25, 0.3) is 0 Å². The third-order valence-electron chi connectivity index (χ3n) is 0.268. The molecule has 0 aliphatic carbocycles. The first-order valence-electron chi connectivity index (χ1n) is 2.56. The van der Waals surface area contributed by atoms with Crippen LogP contribution in [0.3, 0.4) is 0 Å². The van der Waals surface area contributed by atoms with Crippen molar-refractivity contribution >= 4 is 35.2 Å². The number of carbonyl (C=O) groups is 1. The molecular weight excluding hydrogens is 172 g/mol. The second-order valence-electron chi connectivity index (χ2n) is 1.22. The van der Waals surface area contributed by atoms with Crippen LogP contribution in [0, 0.1) is 0 Å². The summed E-state index contributed by atoms with van der Waals surface area (Å²) in [5.74, 6) is -0.833. The minimum absolute atomic E-state index is 0.317. The van der Waals surface area contributed by atoms with Crippen LogP contribution in [0.4, 0.5) is 0 Å². The Morgan fingerprint density at radius 3 is 2.10 bits per heavy atom. The second kappa shape index (κ2) is 8.71. The number of hydrogen-bond acceptors (Lipinski definition) is 3. The lowest BCUT2D eigenvalue weighted by Crippen LogP contribution is -1.89. The maximum atomic E-state index is 9.00. The van der Waals surface area contributed by atoms with Crippen LogP contribution in [0.1, 0.15) is 13.8 Å². The van der Waals surface area contributed by atoms with Crippen molar-refractivity contribution in [1.29, 1.82) is 0 Å². The van der Waals surface area contributed by atoms with Crippen molar-refractivity contribution in [1.82, 2.24) is 0 Å². The van der Waals surface area contributed by atoms with Crippen molar-refractivity contribution in [2.75, 3.05) is 6.61 Å². The van der Waals surface area contributed by atoms with Crippen molar-refractivity contribution in [2.45, 2.75) is 13.8 Å². The number of thiocarbonyl (C=S) groups is 1. The largest absolute Gasteiger partial charge is 0.481 e. The first kappa shape index (κ1) is 12.4. The molecular formula is C5H10O3S2. The van der Waals surface area contributed by atoms with Crippen LogP contribution < -0.4 is 0 Å². The molecule has 0 spiro atoms. The van der Waals surface area contributed by atoms with E-state index in [2.05, 4.69) is 29.6 Å². The fourth-order valence-corrected chi connectivity index (χ4v) is 0.370. The van der Waals surface area contributed by atoms with Crippen LogP contribution in [-0.4, -0.2) is 22.1 Å². The Morgan fingerprint density at radius 2 is 2.10 bits per heavy atom. The molecule has 5 heteroatoms. The molecule has 0 aromatic heterocycles. The highest BCUT2D eigenvalue weighted by atomic mass is 32.1. The Morgan fingerprint density at radius 1 is 1.80 bits per heavy atom. The molecule has 1 N–H and O–H groups in total. The highest BCUT2D eigenvalue weighted by Gasteiger charge is 1.77. The van der Waals surface area contributed by atoms with Gasteiger partial charge in [-0.05, 0) is 19.1 Å². The molecule has 0 bridgehead atoms. The average molecular weight is 182 g/mol. The number of thiol groups is 1. The lowest BCUT2D eigenvalue weighted by molar-refractivity contribution is -0.134. The molecule has 0 unspecified atom stereocenters. The van der Waals surface area contributed by atoms with Crippen LogP contribution in [0.5, 0.6) is 0 Å². The van der Waals surface area contributed by atoms with E-state index in [1.165, 1.54) is 0 Å². The normalized spacial score (nSPS) is 7.10. The molecule has 0 rings (SSSR count). The minimum atomic E-state index is -0.833. The Labute approximate surface area is 70.8 Å². The summed E-state index contributed by atoms with van der Waals surface area (Å²) in [6.45, 7) is 3.56. The highest BCUT2D eigenvalue weighted by Crippen LogP contribution is 1.83. The summed E-state index contributed by atoms with van der Waals surface area (Å²) >= 11 is 8.12. The lowest BCUT2D eigenvalue weighted by Gasteiger charge is -1.92. The fraction of sp³-hybridized carbons (Fsp3) is 0.600. The van der Waals surface area contributed by atoms with E-state index in [4.69, 9.17) is 9.90 Å². The monoisotopic (exact) mass is 182 g/mol. The van der Waals surface area contributed by atoms with Gasteiger partial charge in [-0.25, -0.2) is 0 Å². The van der Waals surface area contributed by atoms with Gasteiger partial charge in [-0.1, -0.05) is 12.6 Å². The van der Waals surface area contributed by atoms with Gasteiger partial charge in [0.2, 0.25) is 4.38 Å². The van der Waals surface area contributed by atoms with Gasteiger partial charge in [0.15, 0.2) is 0 Å². The molecule has 0 atom stereocenters. The third kappa shape index (κ3) is 47.3. The lowest BCUT2D eigenvalue weighted by atomic mass is 10.9. The first-order valence-corrected chi connectivity index (χ1v) is 3.41. The molecule has 0 aliphatic rings. The zero-order valence-corrected chi connectivity index (χ0v) is 7.54. The fourth-order valence-electron chi connectivity index (χ4n) is 0.123. The van der Waals surface area contributed by atoms with Crippen LogP contribution >= 0.6 is 24.8 Å². The van der Waals surface area contributed by atoms with Crippen LogP contribution in [-0.2, 0) is 9.53 Å². The van der Waals surface area contributed by atoms with Crippen molar-refractivity contribution in [3.8, 4) is 0 Å². The summed E-state index contributed by atoms with van der Waals surface area (Å²) in [5, 5.41) is 7.42. The number of carboxylic acid groups (broad SMARTS) is 1. The molecule has 0 radical (unpaired) electrons. The molecule has 0 aliphatic heterocycles. The molecule has 0 saturated carbocycles. The third-order valence-corrected chi connectivity index (χ3v) is 0.515. The van der Waals surface area contributed by atoms with Crippen molar-refractivity contribution < 1.29 is 14.6 Å². The van der Waals surface area contributed by atoms with Gasteiger partial charge in [0.1, 0.15) is 0 Å². The predicted molar refractivity (Wildman–Crippen MR) is 46.5 cm³/mol. The van der Waals surface area contributed by atoms with Crippen molar-refractivity contribution in [3.63, 3.8) is 0 Å².